The van der Waals surface area contributed by atoms with Gasteiger partial charge in [-0.2, -0.15) is 0 Å². The van der Waals surface area contributed by atoms with Crippen molar-refractivity contribution in [1.29, 1.82) is 0 Å². The maximum Gasteiger partial charge on any atom is 0.410 e. The van der Waals surface area contributed by atoms with Gasteiger partial charge in [-0.05, 0) is 65.5 Å². The zero-order valence-corrected chi connectivity index (χ0v) is 33.0. The Morgan fingerprint density at radius 1 is 1.08 bits per heavy atom. The molecule has 5 atom stereocenters. The number of benzene rings is 1. The van der Waals surface area contributed by atoms with E-state index in [-0.39, 0.29) is 25.0 Å². The Balaban J connectivity index is 1.43. The maximum absolute atomic E-state index is 14.5. The molecule has 1 aromatic carbocycles. The summed E-state index contributed by atoms with van der Waals surface area (Å²) in [7, 11) is -3.89. The van der Waals surface area contributed by atoms with Crippen molar-refractivity contribution in [3.8, 4) is 0 Å². The average Bonchev–Trinajstić information content (AvgIpc) is 3.73. The van der Waals surface area contributed by atoms with E-state index in [1.807, 2.05) is 32.9 Å². The van der Waals surface area contributed by atoms with Gasteiger partial charge in [-0.25, -0.2) is 18.0 Å². The highest BCUT2D eigenvalue weighted by Crippen LogP contribution is 2.32. The number of ether oxygens (including phenoxy) is 2. The van der Waals surface area contributed by atoms with Gasteiger partial charge in [-0.3, -0.25) is 24.0 Å². The summed E-state index contributed by atoms with van der Waals surface area (Å²) in [4.78, 5) is 71.8. The zero-order chi connectivity index (χ0) is 38.9. The van der Waals surface area contributed by atoms with Gasteiger partial charge in [-0.15, -0.1) is 0 Å². The van der Waals surface area contributed by atoms with Gasteiger partial charge in [0.15, 0.2) is 0 Å². The molecule has 15 heteroatoms. The van der Waals surface area contributed by atoms with E-state index in [9.17, 15) is 32.4 Å². The van der Waals surface area contributed by atoms with Crippen molar-refractivity contribution >= 4 is 39.9 Å². The first-order valence-corrected chi connectivity index (χ1v) is 20.5. The van der Waals surface area contributed by atoms with E-state index in [4.69, 9.17) is 9.47 Å². The van der Waals surface area contributed by atoms with Gasteiger partial charge in [0.25, 0.3) is 5.91 Å². The van der Waals surface area contributed by atoms with Crippen molar-refractivity contribution in [1.82, 2.24) is 25.2 Å². The molecule has 0 radical (unpaired) electrons. The van der Waals surface area contributed by atoms with Gasteiger partial charge in [0.1, 0.15) is 24.2 Å². The molecule has 3 N–H and O–H groups in total. The lowest BCUT2D eigenvalue weighted by Crippen LogP contribution is -2.60. The summed E-state index contributed by atoms with van der Waals surface area (Å²) >= 11 is 0. The van der Waals surface area contributed by atoms with Gasteiger partial charge >= 0.3 is 12.2 Å². The lowest BCUT2D eigenvalue weighted by Gasteiger charge is -2.35. The molecule has 1 saturated heterocycles. The van der Waals surface area contributed by atoms with Crippen molar-refractivity contribution in [2.24, 2.45) is 16.7 Å². The van der Waals surface area contributed by atoms with E-state index in [2.05, 4.69) is 21.4 Å². The van der Waals surface area contributed by atoms with Crippen LogP contribution >= 0.6 is 0 Å². The van der Waals surface area contributed by atoms with E-state index >= 15 is 0 Å². The second-order valence-electron chi connectivity index (χ2n) is 17.1. The minimum Gasteiger partial charge on any atom is -0.449 e. The molecule has 5 rings (SSSR count). The number of carbonyl (C=O) groups excluding carboxylic acids is 5. The van der Waals surface area contributed by atoms with E-state index < -0.39 is 80.7 Å². The van der Waals surface area contributed by atoms with Crippen LogP contribution in [0.5, 0.6) is 0 Å². The highest BCUT2D eigenvalue weighted by Gasteiger charge is 2.48. The number of carbonyl (C=O) groups is 5. The number of amides is 5. The first-order chi connectivity index (χ1) is 24.8. The number of cyclic esters (lactones) is 1. The Morgan fingerprint density at radius 2 is 1.77 bits per heavy atom. The van der Waals surface area contributed by atoms with Crippen LogP contribution in [-0.2, 0) is 53.4 Å². The SMILES string of the molecule is CC[C@H](C)C(NC(=O)[C@@H]1C[C@@H]2CN1C(=O)[C@H](C(C)(C)C)NC(=O)OCC(C)(C)CCCCc1cccc3c1CN(C3)C(=O)O2)C(=O)NS(=O)(=O)C1CC1. The van der Waals surface area contributed by atoms with Gasteiger partial charge in [-0.1, -0.05) is 79.5 Å². The van der Waals surface area contributed by atoms with Crippen molar-refractivity contribution in [3.05, 3.63) is 34.9 Å². The highest BCUT2D eigenvalue weighted by molar-refractivity contribution is 7.90. The Bertz CT molecular complexity index is 1690. The van der Waals surface area contributed by atoms with Crippen LogP contribution in [0, 0.1) is 16.7 Å². The lowest BCUT2D eigenvalue weighted by atomic mass is 9.85. The summed E-state index contributed by atoms with van der Waals surface area (Å²) in [5, 5.41) is 4.83. The summed E-state index contributed by atoms with van der Waals surface area (Å²) in [6, 6.07) is 2.55. The Kier molecular flexibility index (Phi) is 12.0. The van der Waals surface area contributed by atoms with Crippen molar-refractivity contribution in [2.45, 2.75) is 142 Å². The van der Waals surface area contributed by atoms with Gasteiger partial charge in [0, 0.05) is 19.5 Å². The molecule has 3 aliphatic heterocycles. The smallest absolute Gasteiger partial charge is 0.410 e. The Labute approximate surface area is 313 Å². The minimum atomic E-state index is -3.89. The number of nitrogens with one attached hydrogen (secondary N) is 3. The number of sulfonamides is 1. The van der Waals surface area contributed by atoms with Gasteiger partial charge < -0.3 is 25.0 Å². The Hall–Kier alpha value is -3.88. The third kappa shape index (κ3) is 9.81. The second kappa shape index (κ2) is 15.8. The van der Waals surface area contributed by atoms with Crippen LogP contribution in [0.25, 0.3) is 0 Å². The standard InChI is InChI=1S/C38H57N5O9S/c1-8-23(2)30(33(45)41-53(49,50)27-15-16-27)39-32(44)29-18-26-20-43(29)34(46)31(37(3,4)5)40-35(47)51-22-38(6,7)17-10-9-12-24-13-11-14-25-19-42(21-28(24)25)36(48)52-26/h11,13-14,23,26-27,29-31H,8-10,12,15-22H2,1-7H3,(H,39,44)(H,40,47)(H,41,45)/t23-,26+,29-,30?,31+/m0/s1. The zero-order valence-electron chi connectivity index (χ0n) is 32.2. The topological polar surface area (TPSA) is 181 Å². The van der Waals surface area contributed by atoms with Gasteiger partial charge in [0.2, 0.25) is 21.8 Å². The lowest BCUT2D eigenvalue weighted by molar-refractivity contribution is -0.142. The average molecular weight is 760 g/mol. The molecule has 1 aliphatic carbocycles. The molecule has 1 saturated carbocycles. The van der Waals surface area contributed by atoms with Crippen LogP contribution in [0.2, 0.25) is 0 Å². The Morgan fingerprint density at radius 3 is 2.43 bits per heavy atom. The maximum atomic E-state index is 14.5. The van der Waals surface area contributed by atoms with Crippen molar-refractivity contribution in [3.63, 3.8) is 0 Å². The molecule has 4 bridgehead atoms. The van der Waals surface area contributed by atoms with E-state index in [0.29, 0.717) is 32.4 Å². The number of hydrogen-bond donors (Lipinski definition) is 3. The molecule has 2 fully saturated rings. The summed E-state index contributed by atoms with van der Waals surface area (Å²) in [6.45, 7) is 13.7. The van der Waals surface area contributed by atoms with Crippen LogP contribution in [0.1, 0.15) is 110 Å². The largest absolute Gasteiger partial charge is 0.449 e. The number of alkyl carbamates (subject to hydrolysis) is 1. The summed E-state index contributed by atoms with van der Waals surface area (Å²) < 4.78 is 39.1. The fourth-order valence-electron chi connectivity index (χ4n) is 7.29. The molecule has 294 valence electrons. The fourth-order valence-corrected chi connectivity index (χ4v) is 8.62. The molecule has 5 amide bonds. The van der Waals surface area contributed by atoms with E-state index in [0.717, 1.165) is 36.8 Å². The first-order valence-electron chi connectivity index (χ1n) is 18.9. The molecular formula is C38H57N5O9S. The number of rotatable bonds is 7. The van der Waals surface area contributed by atoms with Crippen LogP contribution in [0.3, 0.4) is 0 Å². The molecular weight excluding hydrogens is 703 g/mol. The van der Waals surface area contributed by atoms with Gasteiger partial charge in [0.05, 0.1) is 18.4 Å². The molecule has 3 heterocycles. The summed E-state index contributed by atoms with van der Waals surface area (Å²) in [5.74, 6) is -2.58. The molecule has 14 nitrogen and oxygen atoms in total. The number of fused-ring (bicyclic) bond motifs is 3. The summed E-state index contributed by atoms with van der Waals surface area (Å²) in [5.41, 5.74) is 2.18. The van der Waals surface area contributed by atoms with E-state index in [1.165, 1.54) is 10.5 Å². The minimum absolute atomic E-state index is 0.0694. The monoisotopic (exact) mass is 759 g/mol. The van der Waals surface area contributed by atoms with Crippen LogP contribution < -0.4 is 15.4 Å². The molecule has 1 aromatic rings. The molecule has 53 heavy (non-hydrogen) atoms. The van der Waals surface area contributed by atoms with Crippen molar-refractivity contribution < 1.29 is 41.9 Å². The molecule has 0 aromatic heterocycles. The highest BCUT2D eigenvalue weighted by atomic mass is 32.2. The number of aryl methyl sites for hydroxylation is 1. The number of nitrogens with zero attached hydrogens (tertiary/aromatic N) is 2. The predicted molar refractivity (Wildman–Crippen MR) is 197 cm³/mol. The fraction of sp³-hybridized carbons (Fsp3) is 0.711. The quantitative estimate of drug-likeness (QED) is 0.368. The normalized spacial score (nSPS) is 25.4. The van der Waals surface area contributed by atoms with Crippen molar-refractivity contribution in [2.75, 3.05) is 13.2 Å². The molecule has 0 spiro atoms. The van der Waals surface area contributed by atoms with Crippen LogP contribution in [-0.4, -0.2) is 90.8 Å². The van der Waals surface area contributed by atoms with Crippen LogP contribution in [0.4, 0.5) is 9.59 Å². The summed E-state index contributed by atoms with van der Waals surface area (Å²) in [6.07, 6.45) is 2.57. The molecule has 1 unspecified atom stereocenters. The van der Waals surface area contributed by atoms with E-state index in [1.54, 1.807) is 32.6 Å². The number of hydrogen-bond acceptors (Lipinski definition) is 9. The molecule has 4 aliphatic rings. The third-order valence-corrected chi connectivity index (χ3v) is 12.8. The predicted octanol–water partition coefficient (Wildman–Crippen LogP) is 4.14. The third-order valence-electron chi connectivity index (χ3n) is 11.0. The second-order valence-corrected chi connectivity index (χ2v) is 19.1. The first kappa shape index (κ1) is 40.3. The van der Waals surface area contributed by atoms with Crippen LogP contribution in [0.15, 0.2) is 18.2 Å².